The van der Waals surface area contributed by atoms with Gasteiger partial charge >= 0.3 is 0 Å². The van der Waals surface area contributed by atoms with Gasteiger partial charge in [0.2, 0.25) is 0 Å². The predicted molar refractivity (Wildman–Crippen MR) is 83.0 cm³/mol. The number of rotatable bonds is 9. The van der Waals surface area contributed by atoms with Gasteiger partial charge in [-0.15, -0.1) is 11.6 Å². The molecule has 2 heterocycles. The van der Waals surface area contributed by atoms with Crippen molar-refractivity contribution in [1.82, 2.24) is 19.3 Å². The predicted octanol–water partition coefficient (Wildman–Crippen LogP) is 1.78. The van der Waals surface area contributed by atoms with Crippen LogP contribution in [0.15, 0.2) is 0 Å². The first-order valence-corrected chi connectivity index (χ1v) is 7.80. The number of aryl methyl sites for hydroxylation is 3. The standard InChI is InChI=1S/C14H23ClN4O2/c1-4-11-13-14(18(2)17-11)19(12(16-13)5-6-15)7-8-21-10-9-20-3/h4-10H2,1-3H3. The maximum Gasteiger partial charge on any atom is 0.158 e. The molecule has 0 amide bonds. The summed E-state index contributed by atoms with van der Waals surface area (Å²) in [6, 6.07) is 0. The third-order valence-corrected chi connectivity index (χ3v) is 3.60. The van der Waals surface area contributed by atoms with Crippen molar-refractivity contribution in [2.75, 3.05) is 32.8 Å². The molecule has 0 saturated carbocycles. The van der Waals surface area contributed by atoms with Crippen LogP contribution in [0, 0.1) is 0 Å². The Labute approximate surface area is 130 Å². The summed E-state index contributed by atoms with van der Waals surface area (Å²) in [6.45, 7) is 4.67. The smallest absolute Gasteiger partial charge is 0.158 e. The van der Waals surface area contributed by atoms with Gasteiger partial charge in [0.05, 0.1) is 25.5 Å². The molecular formula is C14H23ClN4O2. The van der Waals surface area contributed by atoms with Crippen molar-refractivity contribution in [2.45, 2.75) is 26.3 Å². The summed E-state index contributed by atoms with van der Waals surface area (Å²) in [5.41, 5.74) is 3.06. The monoisotopic (exact) mass is 314 g/mol. The highest BCUT2D eigenvalue weighted by Gasteiger charge is 2.17. The Morgan fingerprint density at radius 1 is 1.24 bits per heavy atom. The van der Waals surface area contributed by atoms with Crippen LogP contribution in [0.2, 0.25) is 0 Å². The number of hydrogen-bond donors (Lipinski definition) is 0. The molecule has 2 aromatic rings. The van der Waals surface area contributed by atoms with Gasteiger partial charge in [-0.25, -0.2) is 4.98 Å². The maximum absolute atomic E-state index is 5.90. The van der Waals surface area contributed by atoms with E-state index in [9.17, 15) is 0 Å². The number of nitrogens with zero attached hydrogens (tertiary/aromatic N) is 4. The SMILES string of the molecule is CCc1nn(C)c2c1nc(CCCl)n2CCOCCOC. The summed E-state index contributed by atoms with van der Waals surface area (Å²) >= 11 is 5.90. The number of imidazole rings is 1. The number of hydrogen-bond acceptors (Lipinski definition) is 4. The molecule has 0 atom stereocenters. The third-order valence-electron chi connectivity index (χ3n) is 3.41. The van der Waals surface area contributed by atoms with Crippen LogP contribution in [0.3, 0.4) is 0 Å². The molecule has 2 rings (SSSR count). The van der Waals surface area contributed by atoms with Gasteiger partial charge in [0.15, 0.2) is 5.65 Å². The van der Waals surface area contributed by atoms with Crippen LogP contribution < -0.4 is 0 Å². The second kappa shape index (κ2) is 7.77. The van der Waals surface area contributed by atoms with E-state index >= 15 is 0 Å². The topological polar surface area (TPSA) is 54.1 Å². The maximum atomic E-state index is 5.90. The Morgan fingerprint density at radius 2 is 2.05 bits per heavy atom. The molecule has 0 spiro atoms. The average molecular weight is 315 g/mol. The van der Waals surface area contributed by atoms with E-state index in [1.54, 1.807) is 7.11 Å². The first-order valence-electron chi connectivity index (χ1n) is 7.26. The number of aromatic nitrogens is 4. The van der Waals surface area contributed by atoms with Crippen LogP contribution in [0.5, 0.6) is 0 Å². The molecule has 0 aromatic carbocycles. The molecular weight excluding hydrogens is 292 g/mol. The quantitative estimate of drug-likeness (QED) is 0.523. The number of alkyl halides is 1. The second-order valence-corrected chi connectivity index (χ2v) is 5.20. The summed E-state index contributed by atoms with van der Waals surface area (Å²) in [7, 11) is 3.62. The second-order valence-electron chi connectivity index (χ2n) is 4.82. The molecule has 0 aliphatic heterocycles. The molecule has 0 bridgehead atoms. The van der Waals surface area contributed by atoms with Gasteiger partial charge in [-0.3, -0.25) is 4.68 Å². The zero-order valence-corrected chi connectivity index (χ0v) is 13.7. The van der Waals surface area contributed by atoms with Crippen LogP contribution in [-0.4, -0.2) is 52.1 Å². The van der Waals surface area contributed by atoms with Gasteiger partial charge in [-0.05, 0) is 6.42 Å². The fourth-order valence-electron chi connectivity index (χ4n) is 2.44. The Morgan fingerprint density at radius 3 is 2.71 bits per heavy atom. The molecule has 21 heavy (non-hydrogen) atoms. The zero-order chi connectivity index (χ0) is 15.2. The molecule has 0 aliphatic carbocycles. The fourth-order valence-corrected chi connectivity index (χ4v) is 2.60. The van der Waals surface area contributed by atoms with Gasteiger partial charge in [0.1, 0.15) is 11.3 Å². The summed E-state index contributed by atoms with van der Waals surface area (Å²) in [6.07, 6.45) is 1.62. The van der Waals surface area contributed by atoms with Crippen LogP contribution in [0.1, 0.15) is 18.4 Å². The lowest BCUT2D eigenvalue weighted by atomic mass is 10.3. The van der Waals surface area contributed by atoms with Gasteiger partial charge in [0.25, 0.3) is 0 Å². The molecule has 0 N–H and O–H groups in total. The third kappa shape index (κ3) is 3.56. The van der Waals surface area contributed by atoms with Gasteiger partial charge in [-0.1, -0.05) is 6.92 Å². The minimum Gasteiger partial charge on any atom is -0.382 e. The van der Waals surface area contributed by atoms with E-state index in [1.165, 1.54) is 0 Å². The van der Waals surface area contributed by atoms with Crippen LogP contribution in [0.4, 0.5) is 0 Å². The van der Waals surface area contributed by atoms with Crippen molar-refractivity contribution >= 4 is 22.8 Å². The highest BCUT2D eigenvalue weighted by Crippen LogP contribution is 2.20. The molecule has 0 saturated heterocycles. The zero-order valence-electron chi connectivity index (χ0n) is 12.9. The normalized spacial score (nSPS) is 11.6. The first kappa shape index (κ1) is 16.3. The summed E-state index contributed by atoms with van der Waals surface area (Å²) < 4.78 is 14.6. The Bertz CT molecular complexity index is 579. The minimum absolute atomic E-state index is 0.558. The van der Waals surface area contributed by atoms with E-state index in [1.807, 2.05) is 11.7 Å². The van der Waals surface area contributed by atoms with Crippen LogP contribution in [-0.2, 0) is 35.9 Å². The Kier molecular flexibility index (Phi) is 6.02. The molecule has 0 fully saturated rings. The van der Waals surface area contributed by atoms with Gasteiger partial charge < -0.3 is 14.0 Å². The Balaban J connectivity index is 2.21. The van der Waals surface area contributed by atoms with Crippen LogP contribution in [0.25, 0.3) is 11.2 Å². The lowest BCUT2D eigenvalue weighted by molar-refractivity contribution is 0.0666. The molecule has 7 heteroatoms. The van der Waals surface area contributed by atoms with E-state index < -0.39 is 0 Å². The highest BCUT2D eigenvalue weighted by molar-refractivity contribution is 6.17. The van der Waals surface area contributed by atoms with Crippen LogP contribution >= 0.6 is 11.6 Å². The summed E-state index contributed by atoms with van der Waals surface area (Å²) in [5, 5.41) is 4.53. The van der Waals surface area contributed by atoms with E-state index in [0.29, 0.717) is 25.7 Å². The van der Waals surface area contributed by atoms with Crippen molar-refractivity contribution in [3.05, 3.63) is 11.5 Å². The van der Waals surface area contributed by atoms with Crippen molar-refractivity contribution in [3.63, 3.8) is 0 Å². The van der Waals surface area contributed by atoms with E-state index in [2.05, 4.69) is 16.6 Å². The molecule has 118 valence electrons. The van der Waals surface area contributed by atoms with Gasteiger partial charge in [-0.2, -0.15) is 5.10 Å². The minimum atomic E-state index is 0.558. The average Bonchev–Trinajstić information content (AvgIpc) is 2.98. The number of methoxy groups -OCH3 is 1. The summed E-state index contributed by atoms with van der Waals surface area (Å²) in [4.78, 5) is 4.72. The molecule has 0 radical (unpaired) electrons. The van der Waals surface area contributed by atoms with E-state index in [4.69, 9.17) is 26.1 Å². The number of ether oxygens (including phenoxy) is 2. The van der Waals surface area contributed by atoms with Gasteiger partial charge in [0, 0.05) is 33.0 Å². The van der Waals surface area contributed by atoms with E-state index in [0.717, 1.165) is 42.1 Å². The molecule has 2 aromatic heterocycles. The number of halogens is 1. The molecule has 0 aliphatic rings. The highest BCUT2D eigenvalue weighted by atomic mass is 35.5. The first-order chi connectivity index (χ1) is 10.2. The number of fused-ring (bicyclic) bond motifs is 1. The molecule has 6 nitrogen and oxygen atoms in total. The van der Waals surface area contributed by atoms with E-state index in [-0.39, 0.29) is 0 Å². The lowest BCUT2D eigenvalue weighted by Gasteiger charge is -2.09. The molecule has 0 unspecified atom stereocenters. The fraction of sp³-hybridized carbons (Fsp3) is 0.714. The summed E-state index contributed by atoms with van der Waals surface area (Å²) in [5.74, 6) is 1.56. The van der Waals surface area contributed by atoms with Crippen molar-refractivity contribution < 1.29 is 9.47 Å². The van der Waals surface area contributed by atoms with Crippen molar-refractivity contribution in [2.24, 2.45) is 7.05 Å². The van der Waals surface area contributed by atoms with Crippen molar-refractivity contribution in [3.8, 4) is 0 Å². The lowest BCUT2D eigenvalue weighted by Crippen LogP contribution is -2.13. The Hall–Kier alpha value is -1.11. The van der Waals surface area contributed by atoms with Crippen molar-refractivity contribution in [1.29, 1.82) is 0 Å². The largest absolute Gasteiger partial charge is 0.382 e.